The quantitative estimate of drug-likeness (QED) is 0.695. The highest BCUT2D eigenvalue weighted by Crippen LogP contribution is 2.44. The Morgan fingerprint density at radius 3 is 1.66 bits per heavy atom. The SMILES string of the molecule is COC(=O)[C@@H]1C(C)=C2CN(S(=O)(=O)c3ccc(C)cc3)CC2=C(C)[C@H]1C(=O)OC. The molecule has 0 amide bonds. The van der Waals surface area contributed by atoms with Crippen LogP contribution in [-0.2, 0) is 29.1 Å². The fourth-order valence-electron chi connectivity index (χ4n) is 4.11. The van der Waals surface area contributed by atoms with E-state index in [1.54, 1.807) is 38.1 Å². The Labute approximate surface area is 171 Å². The minimum Gasteiger partial charge on any atom is -0.469 e. The lowest BCUT2D eigenvalue weighted by molar-refractivity contribution is -0.154. The molecular weight excluding hydrogens is 394 g/mol. The highest BCUT2D eigenvalue weighted by molar-refractivity contribution is 7.89. The molecule has 29 heavy (non-hydrogen) atoms. The maximum Gasteiger partial charge on any atom is 0.314 e. The standard InChI is InChI=1S/C21H25NO6S/c1-12-6-8-15(9-7-12)29(25,26)22-10-16-13(2)18(20(23)27-4)19(21(24)28-5)14(3)17(16)11-22/h6-9,18-19H,10-11H2,1-5H3/t18-,19-/m1/s1. The number of carbonyl (C=O) groups excluding carboxylic acids is 2. The largest absolute Gasteiger partial charge is 0.469 e. The maximum absolute atomic E-state index is 13.1. The van der Waals surface area contributed by atoms with Crippen molar-refractivity contribution in [1.82, 2.24) is 4.31 Å². The number of esters is 2. The Morgan fingerprint density at radius 1 is 0.862 bits per heavy atom. The Bertz CT molecular complexity index is 974. The molecule has 1 fully saturated rings. The van der Waals surface area contributed by atoms with E-state index < -0.39 is 33.8 Å². The van der Waals surface area contributed by atoms with Crippen LogP contribution in [0, 0.1) is 18.8 Å². The first kappa shape index (κ1) is 21.3. The number of ether oxygens (including phenoxy) is 2. The summed E-state index contributed by atoms with van der Waals surface area (Å²) >= 11 is 0. The molecule has 0 unspecified atom stereocenters. The second-order valence-corrected chi connectivity index (χ2v) is 9.35. The summed E-state index contributed by atoms with van der Waals surface area (Å²) in [5.41, 5.74) is 3.81. The summed E-state index contributed by atoms with van der Waals surface area (Å²) in [7, 11) is -1.17. The number of fused-ring (bicyclic) bond motifs is 1. The number of sulfonamides is 1. The van der Waals surface area contributed by atoms with Gasteiger partial charge in [0.1, 0.15) is 0 Å². The van der Waals surface area contributed by atoms with Crippen molar-refractivity contribution in [3.63, 3.8) is 0 Å². The lowest BCUT2D eigenvalue weighted by atomic mass is 9.73. The predicted molar refractivity (Wildman–Crippen MR) is 106 cm³/mol. The molecule has 0 bridgehead atoms. The first-order valence-corrected chi connectivity index (χ1v) is 10.7. The van der Waals surface area contributed by atoms with Crippen LogP contribution in [0.4, 0.5) is 0 Å². The molecule has 8 heteroatoms. The second kappa shape index (κ2) is 7.76. The van der Waals surface area contributed by atoms with Crippen LogP contribution in [-0.4, -0.2) is 52.0 Å². The van der Waals surface area contributed by atoms with Crippen LogP contribution < -0.4 is 0 Å². The van der Waals surface area contributed by atoms with Crippen molar-refractivity contribution >= 4 is 22.0 Å². The maximum atomic E-state index is 13.1. The predicted octanol–water partition coefficient (Wildman–Crippen LogP) is 2.22. The normalized spacial score (nSPS) is 22.5. The Hall–Kier alpha value is -2.45. The van der Waals surface area contributed by atoms with Crippen LogP contribution in [0.5, 0.6) is 0 Å². The average molecular weight is 419 g/mol. The van der Waals surface area contributed by atoms with Gasteiger partial charge in [-0.2, -0.15) is 4.31 Å². The molecule has 1 aliphatic carbocycles. The molecule has 7 nitrogen and oxygen atoms in total. The third kappa shape index (κ3) is 3.51. The zero-order valence-electron chi connectivity index (χ0n) is 17.2. The third-order valence-electron chi connectivity index (χ3n) is 5.82. The molecule has 1 saturated heterocycles. The van der Waals surface area contributed by atoms with Crippen molar-refractivity contribution in [3.05, 3.63) is 52.1 Å². The van der Waals surface area contributed by atoms with Gasteiger partial charge in [-0.05, 0) is 44.1 Å². The lowest BCUT2D eigenvalue weighted by Crippen LogP contribution is -2.36. The molecule has 0 aromatic heterocycles. The topological polar surface area (TPSA) is 90.0 Å². The Morgan fingerprint density at radius 2 is 1.28 bits per heavy atom. The number of rotatable bonds is 4. The van der Waals surface area contributed by atoms with Crippen molar-refractivity contribution < 1.29 is 27.5 Å². The van der Waals surface area contributed by atoms with Gasteiger partial charge in [-0.25, -0.2) is 8.42 Å². The minimum atomic E-state index is -3.71. The molecule has 2 atom stereocenters. The van der Waals surface area contributed by atoms with Gasteiger partial charge in [0.2, 0.25) is 10.0 Å². The van der Waals surface area contributed by atoms with Crippen LogP contribution >= 0.6 is 0 Å². The van der Waals surface area contributed by atoms with Crippen LogP contribution in [0.2, 0.25) is 0 Å². The van der Waals surface area contributed by atoms with E-state index in [0.717, 1.165) is 16.7 Å². The summed E-state index contributed by atoms with van der Waals surface area (Å²) in [4.78, 5) is 25.1. The molecule has 0 radical (unpaired) electrons. The van der Waals surface area contributed by atoms with Gasteiger partial charge >= 0.3 is 11.9 Å². The zero-order valence-corrected chi connectivity index (χ0v) is 18.0. The number of hydrogen-bond acceptors (Lipinski definition) is 6. The second-order valence-electron chi connectivity index (χ2n) is 7.41. The first-order chi connectivity index (χ1) is 13.6. The molecule has 2 aliphatic rings. The molecule has 1 aromatic rings. The number of carbonyl (C=O) groups is 2. The summed E-state index contributed by atoms with van der Waals surface area (Å²) in [6.45, 7) is 5.69. The van der Waals surface area contributed by atoms with Crippen LogP contribution in [0.1, 0.15) is 19.4 Å². The fraction of sp³-hybridized carbons (Fsp3) is 0.429. The van der Waals surface area contributed by atoms with E-state index in [1.165, 1.54) is 18.5 Å². The summed E-state index contributed by atoms with van der Waals surface area (Å²) in [6.07, 6.45) is 0. The van der Waals surface area contributed by atoms with Crippen LogP contribution in [0.15, 0.2) is 51.5 Å². The monoisotopic (exact) mass is 419 g/mol. The number of aryl methyl sites for hydroxylation is 1. The highest BCUT2D eigenvalue weighted by atomic mass is 32.2. The van der Waals surface area contributed by atoms with E-state index in [1.807, 2.05) is 6.92 Å². The average Bonchev–Trinajstić information content (AvgIpc) is 3.16. The number of benzene rings is 1. The molecule has 3 rings (SSSR count). The van der Waals surface area contributed by atoms with Crippen LogP contribution in [0.25, 0.3) is 0 Å². The van der Waals surface area contributed by atoms with Gasteiger partial charge in [-0.15, -0.1) is 0 Å². The smallest absolute Gasteiger partial charge is 0.314 e. The van der Waals surface area contributed by atoms with Crippen molar-refractivity contribution in [2.75, 3.05) is 27.3 Å². The molecule has 0 spiro atoms. The van der Waals surface area contributed by atoms with Crippen molar-refractivity contribution in [3.8, 4) is 0 Å². The number of hydrogen-bond donors (Lipinski definition) is 0. The van der Waals surface area contributed by atoms with E-state index in [4.69, 9.17) is 9.47 Å². The summed E-state index contributed by atoms with van der Waals surface area (Å²) in [5.74, 6) is -2.73. The highest BCUT2D eigenvalue weighted by Gasteiger charge is 2.46. The third-order valence-corrected chi connectivity index (χ3v) is 7.63. The van der Waals surface area contributed by atoms with Gasteiger partial charge in [0.05, 0.1) is 31.0 Å². The van der Waals surface area contributed by atoms with Crippen molar-refractivity contribution in [1.29, 1.82) is 0 Å². The number of methoxy groups -OCH3 is 2. The van der Waals surface area contributed by atoms with Gasteiger partial charge in [-0.1, -0.05) is 28.8 Å². The van der Waals surface area contributed by atoms with Gasteiger partial charge < -0.3 is 9.47 Å². The van der Waals surface area contributed by atoms with Gasteiger partial charge in [0, 0.05) is 13.1 Å². The van der Waals surface area contributed by atoms with E-state index in [2.05, 4.69) is 0 Å². The lowest BCUT2D eigenvalue weighted by Gasteiger charge is -2.31. The van der Waals surface area contributed by atoms with Crippen molar-refractivity contribution in [2.24, 2.45) is 11.8 Å². The zero-order chi connectivity index (χ0) is 21.5. The molecular formula is C21H25NO6S. The summed E-state index contributed by atoms with van der Waals surface area (Å²) in [5, 5.41) is 0. The molecule has 1 aromatic carbocycles. The van der Waals surface area contributed by atoms with Gasteiger partial charge in [0.25, 0.3) is 0 Å². The molecule has 1 heterocycles. The molecule has 0 N–H and O–H groups in total. The van der Waals surface area contributed by atoms with Gasteiger partial charge in [0.15, 0.2) is 0 Å². The van der Waals surface area contributed by atoms with E-state index in [-0.39, 0.29) is 18.0 Å². The van der Waals surface area contributed by atoms with Crippen molar-refractivity contribution in [2.45, 2.75) is 25.7 Å². The molecule has 156 valence electrons. The van der Waals surface area contributed by atoms with E-state index in [9.17, 15) is 18.0 Å². The number of nitrogens with zero attached hydrogens (tertiary/aromatic N) is 1. The first-order valence-electron chi connectivity index (χ1n) is 9.25. The summed E-state index contributed by atoms with van der Waals surface area (Å²) < 4.78 is 37.5. The Kier molecular flexibility index (Phi) is 5.69. The fourth-order valence-corrected chi connectivity index (χ4v) is 5.49. The van der Waals surface area contributed by atoms with E-state index in [0.29, 0.717) is 11.1 Å². The van der Waals surface area contributed by atoms with E-state index >= 15 is 0 Å². The van der Waals surface area contributed by atoms with Crippen LogP contribution in [0.3, 0.4) is 0 Å². The summed E-state index contributed by atoms with van der Waals surface area (Å²) in [6, 6.07) is 6.68. The molecule has 0 saturated carbocycles. The van der Waals surface area contributed by atoms with Gasteiger partial charge in [-0.3, -0.25) is 9.59 Å². The molecule has 1 aliphatic heterocycles. The Balaban J connectivity index is 2.07. The minimum absolute atomic E-state index is 0.149.